The van der Waals surface area contributed by atoms with Crippen LogP contribution in [0.2, 0.25) is 0 Å². The Kier molecular flexibility index (Phi) is 4.00. The number of Topliss-reactive ketones (excluding diaryl/α,β-unsaturated/α-hetero) is 1. The van der Waals surface area contributed by atoms with Crippen LogP contribution in [-0.4, -0.2) is 42.8 Å². The predicted octanol–water partition coefficient (Wildman–Crippen LogP) is 0.803. The zero-order chi connectivity index (χ0) is 11.5. The maximum Gasteiger partial charge on any atom is 0.452 e. The molecule has 0 aromatic rings. The lowest BCUT2D eigenvalue weighted by Gasteiger charge is -2.21. The van der Waals surface area contributed by atoms with E-state index in [1.165, 1.54) is 14.1 Å². The Balaban J connectivity index is 4.95. The zero-order valence-corrected chi connectivity index (χ0v) is 7.76. The highest BCUT2D eigenvalue weighted by Gasteiger charge is 2.46. The van der Waals surface area contributed by atoms with Gasteiger partial charge in [0.05, 0.1) is 0 Å². The van der Waals surface area contributed by atoms with E-state index in [1.54, 1.807) is 0 Å². The molecule has 0 rings (SSSR count). The third-order valence-corrected chi connectivity index (χ3v) is 1.51. The molecule has 0 heterocycles. The van der Waals surface area contributed by atoms with Crippen LogP contribution < -0.4 is 0 Å². The highest BCUT2D eigenvalue weighted by molar-refractivity contribution is 6.12. The first-order valence-corrected chi connectivity index (χ1v) is 3.65. The van der Waals surface area contributed by atoms with E-state index < -0.39 is 23.8 Å². The minimum Gasteiger partial charge on any atom is -0.293 e. The Morgan fingerprint density at radius 2 is 1.79 bits per heavy atom. The van der Waals surface area contributed by atoms with Crippen LogP contribution in [0.25, 0.3) is 0 Å². The summed E-state index contributed by atoms with van der Waals surface area (Å²) in [5.74, 6) is -3.04. The molecule has 1 unspecified atom stereocenters. The molecule has 0 aliphatic carbocycles. The van der Waals surface area contributed by atoms with E-state index in [2.05, 4.69) is 6.58 Å². The molecule has 0 spiro atoms. The summed E-state index contributed by atoms with van der Waals surface area (Å²) >= 11 is 0. The van der Waals surface area contributed by atoms with Gasteiger partial charge in [0, 0.05) is 0 Å². The summed E-state index contributed by atoms with van der Waals surface area (Å²) < 4.78 is 36.0. The summed E-state index contributed by atoms with van der Waals surface area (Å²) in [7, 11) is 2.44. The van der Waals surface area contributed by atoms with Gasteiger partial charge in [0.25, 0.3) is 5.78 Å². The van der Waals surface area contributed by atoms with Crippen molar-refractivity contribution in [2.24, 2.45) is 0 Å². The van der Waals surface area contributed by atoms with Crippen molar-refractivity contribution < 1.29 is 22.8 Å². The van der Waals surface area contributed by atoms with Gasteiger partial charge in [0.15, 0.2) is 5.78 Å². The molecule has 0 aliphatic rings. The Morgan fingerprint density at radius 3 is 2.00 bits per heavy atom. The molecular formula is C8H10F3NO2. The fraction of sp³-hybridized carbons (Fsp3) is 0.500. The van der Waals surface area contributed by atoms with Crippen LogP contribution in [-0.2, 0) is 9.59 Å². The molecule has 0 aliphatic heterocycles. The van der Waals surface area contributed by atoms with E-state index >= 15 is 0 Å². The van der Waals surface area contributed by atoms with Crippen molar-refractivity contribution >= 4 is 11.6 Å². The van der Waals surface area contributed by atoms with Crippen molar-refractivity contribution in [2.45, 2.75) is 12.2 Å². The number of rotatable bonds is 4. The molecule has 0 N–H and O–H groups in total. The number of likely N-dealkylation sites (N-methyl/N-ethyl adjacent to an activating group) is 1. The fourth-order valence-corrected chi connectivity index (χ4v) is 0.885. The zero-order valence-electron chi connectivity index (χ0n) is 7.76. The molecule has 0 radical (unpaired) electrons. The Morgan fingerprint density at radius 1 is 1.36 bits per heavy atom. The van der Waals surface area contributed by atoms with Gasteiger partial charge in [-0.05, 0) is 20.2 Å². The van der Waals surface area contributed by atoms with Crippen molar-refractivity contribution in [3.63, 3.8) is 0 Å². The number of nitrogens with zero attached hydrogens (tertiary/aromatic N) is 1. The van der Waals surface area contributed by atoms with Crippen LogP contribution in [0.1, 0.15) is 0 Å². The van der Waals surface area contributed by atoms with Crippen LogP contribution >= 0.6 is 0 Å². The third kappa shape index (κ3) is 2.95. The van der Waals surface area contributed by atoms with Crippen molar-refractivity contribution in [1.82, 2.24) is 4.90 Å². The highest BCUT2D eigenvalue weighted by atomic mass is 19.4. The van der Waals surface area contributed by atoms with E-state index in [4.69, 9.17) is 0 Å². The van der Waals surface area contributed by atoms with Crippen LogP contribution in [0.15, 0.2) is 12.7 Å². The molecule has 3 nitrogen and oxygen atoms in total. The normalized spacial score (nSPS) is 13.9. The molecule has 6 heteroatoms. The number of carbonyl (C=O) groups is 2. The highest BCUT2D eigenvalue weighted by Crippen LogP contribution is 2.20. The molecular weight excluding hydrogens is 199 g/mol. The van der Waals surface area contributed by atoms with Crippen molar-refractivity contribution in [3.05, 3.63) is 12.7 Å². The van der Waals surface area contributed by atoms with Gasteiger partial charge in [0.2, 0.25) is 0 Å². The summed E-state index contributed by atoms with van der Waals surface area (Å²) in [6.45, 7) is 3.03. The predicted molar refractivity (Wildman–Crippen MR) is 43.7 cm³/mol. The molecule has 0 aromatic carbocycles. The quantitative estimate of drug-likeness (QED) is 0.507. The molecule has 0 saturated heterocycles. The Hall–Kier alpha value is -1.17. The second-order valence-corrected chi connectivity index (χ2v) is 2.83. The van der Waals surface area contributed by atoms with E-state index in [0.29, 0.717) is 6.08 Å². The van der Waals surface area contributed by atoms with Crippen LogP contribution in [0, 0.1) is 0 Å². The third-order valence-electron chi connectivity index (χ3n) is 1.51. The standard InChI is InChI=1S/C8H10F3NO2/c1-4-5(13)6(12(2)3)7(14)8(9,10)11/h4,6H,1H2,2-3H3. The summed E-state index contributed by atoms with van der Waals surface area (Å²) in [6.07, 6.45) is -4.30. The maximum atomic E-state index is 12.0. The lowest BCUT2D eigenvalue weighted by atomic mass is 10.1. The van der Waals surface area contributed by atoms with Crippen LogP contribution in [0.5, 0.6) is 0 Å². The van der Waals surface area contributed by atoms with E-state index in [1.807, 2.05) is 0 Å². The number of alkyl halides is 3. The maximum absolute atomic E-state index is 12.0. The lowest BCUT2D eigenvalue weighted by molar-refractivity contribution is -0.176. The average Bonchev–Trinajstić information content (AvgIpc) is 2.01. The average molecular weight is 209 g/mol. The molecule has 0 bridgehead atoms. The topological polar surface area (TPSA) is 37.4 Å². The molecule has 0 aromatic heterocycles. The van der Waals surface area contributed by atoms with E-state index in [9.17, 15) is 22.8 Å². The first-order valence-electron chi connectivity index (χ1n) is 3.65. The second kappa shape index (κ2) is 4.36. The SMILES string of the molecule is C=CC(=O)C(C(=O)C(F)(F)F)N(C)C. The Bertz CT molecular complexity index is 258. The van der Waals surface area contributed by atoms with Crippen LogP contribution in [0.4, 0.5) is 13.2 Å². The molecule has 80 valence electrons. The molecule has 0 saturated carbocycles. The number of hydrogen-bond donors (Lipinski definition) is 0. The van der Waals surface area contributed by atoms with Gasteiger partial charge in [0.1, 0.15) is 6.04 Å². The van der Waals surface area contributed by atoms with Crippen molar-refractivity contribution in [3.8, 4) is 0 Å². The summed E-state index contributed by atoms with van der Waals surface area (Å²) in [5, 5.41) is 0. The van der Waals surface area contributed by atoms with Gasteiger partial charge in [-0.15, -0.1) is 0 Å². The fourth-order valence-electron chi connectivity index (χ4n) is 0.885. The number of carbonyl (C=O) groups excluding carboxylic acids is 2. The smallest absolute Gasteiger partial charge is 0.293 e. The number of halogens is 3. The van der Waals surface area contributed by atoms with Gasteiger partial charge in [-0.1, -0.05) is 6.58 Å². The van der Waals surface area contributed by atoms with Gasteiger partial charge < -0.3 is 0 Å². The largest absolute Gasteiger partial charge is 0.452 e. The monoisotopic (exact) mass is 209 g/mol. The van der Waals surface area contributed by atoms with Gasteiger partial charge in [-0.2, -0.15) is 13.2 Å². The molecule has 14 heavy (non-hydrogen) atoms. The summed E-state index contributed by atoms with van der Waals surface area (Å²) in [4.78, 5) is 22.6. The van der Waals surface area contributed by atoms with E-state index in [0.717, 1.165) is 4.90 Å². The number of ketones is 2. The first-order chi connectivity index (χ1) is 6.21. The molecule has 0 amide bonds. The number of hydrogen-bond acceptors (Lipinski definition) is 3. The minimum atomic E-state index is -5.01. The minimum absolute atomic E-state index is 0.703. The Labute approximate surface area is 79.2 Å². The summed E-state index contributed by atoms with van der Waals surface area (Å²) in [6, 6.07) is -1.83. The molecule has 1 atom stereocenters. The van der Waals surface area contributed by atoms with Crippen molar-refractivity contribution in [2.75, 3.05) is 14.1 Å². The first kappa shape index (κ1) is 12.8. The van der Waals surface area contributed by atoms with Gasteiger partial charge >= 0.3 is 6.18 Å². The van der Waals surface area contributed by atoms with E-state index in [-0.39, 0.29) is 0 Å². The summed E-state index contributed by atoms with van der Waals surface area (Å²) in [5.41, 5.74) is 0. The van der Waals surface area contributed by atoms with Crippen molar-refractivity contribution in [1.29, 1.82) is 0 Å². The lowest BCUT2D eigenvalue weighted by Crippen LogP contribution is -2.47. The second-order valence-electron chi connectivity index (χ2n) is 2.83. The van der Waals surface area contributed by atoms with Crippen LogP contribution in [0.3, 0.4) is 0 Å². The van der Waals surface area contributed by atoms with Gasteiger partial charge in [-0.25, -0.2) is 0 Å². The molecule has 0 fully saturated rings. The van der Waals surface area contributed by atoms with Gasteiger partial charge in [-0.3, -0.25) is 14.5 Å².